The Balaban J connectivity index is 1.80. The first-order valence-corrected chi connectivity index (χ1v) is 13.4. The molecule has 0 bridgehead atoms. The lowest BCUT2D eigenvalue weighted by molar-refractivity contribution is -0.160. The number of amides is 2. The van der Waals surface area contributed by atoms with E-state index in [9.17, 15) is 14.4 Å². The summed E-state index contributed by atoms with van der Waals surface area (Å²) in [6.45, 7) is 4.41. The number of unbranched alkanes of at least 4 members (excludes halogenated alkanes) is 5. The first-order valence-electron chi connectivity index (χ1n) is 13.4. The number of hydrogen-bond donors (Lipinski definition) is 0. The first-order chi connectivity index (χ1) is 16.0. The van der Waals surface area contributed by atoms with Gasteiger partial charge in [0.15, 0.2) is 0 Å². The molecular weight excluding hydrogens is 416 g/mol. The average Bonchev–Trinajstić information content (AvgIpc) is 3.06. The minimum absolute atomic E-state index is 0.0293. The molecule has 2 aliphatic heterocycles. The van der Waals surface area contributed by atoms with E-state index in [0.717, 1.165) is 70.2 Å². The van der Waals surface area contributed by atoms with Crippen LogP contribution < -0.4 is 0 Å². The highest BCUT2D eigenvalue weighted by Gasteiger charge is 2.53. The van der Waals surface area contributed by atoms with Gasteiger partial charge in [-0.2, -0.15) is 0 Å². The second kappa shape index (κ2) is 12.6. The summed E-state index contributed by atoms with van der Waals surface area (Å²) in [6, 6.07) is 0. The first kappa shape index (κ1) is 25.8. The van der Waals surface area contributed by atoms with Crippen LogP contribution in [0.2, 0.25) is 0 Å². The van der Waals surface area contributed by atoms with Gasteiger partial charge in [-0.25, -0.2) is 0 Å². The van der Waals surface area contributed by atoms with Crippen molar-refractivity contribution in [3.05, 3.63) is 11.8 Å². The number of esters is 1. The lowest BCUT2D eigenvalue weighted by atomic mass is 9.69. The van der Waals surface area contributed by atoms with E-state index in [4.69, 9.17) is 4.74 Å². The van der Waals surface area contributed by atoms with Crippen molar-refractivity contribution in [1.29, 1.82) is 0 Å². The molecule has 0 radical (unpaired) electrons. The van der Waals surface area contributed by atoms with Gasteiger partial charge in [0.25, 0.3) is 0 Å². The number of allylic oxidation sites excluding steroid dienone is 1. The summed E-state index contributed by atoms with van der Waals surface area (Å²) in [5, 5.41) is 0. The molecule has 0 N–H and O–H groups in total. The number of fused-ring (bicyclic) bond motifs is 1. The highest BCUT2D eigenvalue weighted by Crippen LogP contribution is 2.49. The van der Waals surface area contributed by atoms with Gasteiger partial charge < -0.3 is 14.5 Å². The van der Waals surface area contributed by atoms with Crippen molar-refractivity contribution < 1.29 is 19.1 Å². The molecule has 2 fully saturated rings. The molecule has 2 saturated heterocycles. The SMILES string of the molecule is CCCCCCCCN1C(=O)[C@H](CC(=O)N2CCCCC2)C[C@@]2(C(=O)OC)CCCCC=C12. The van der Waals surface area contributed by atoms with Crippen molar-refractivity contribution in [2.24, 2.45) is 11.3 Å². The Hall–Kier alpha value is -1.85. The molecule has 0 aromatic carbocycles. The number of piperidine rings is 2. The Morgan fingerprint density at radius 3 is 2.48 bits per heavy atom. The maximum Gasteiger partial charge on any atom is 0.317 e. The van der Waals surface area contributed by atoms with E-state index in [2.05, 4.69) is 13.0 Å². The van der Waals surface area contributed by atoms with E-state index < -0.39 is 11.3 Å². The number of hydrogen-bond acceptors (Lipinski definition) is 4. The van der Waals surface area contributed by atoms with E-state index >= 15 is 0 Å². The van der Waals surface area contributed by atoms with Gasteiger partial charge in [-0.05, 0) is 51.4 Å². The molecule has 33 heavy (non-hydrogen) atoms. The molecule has 0 saturated carbocycles. The summed E-state index contributed by atoms with van der Waals surface area (Å²) in [4.78, 5) is 43.8. The van der Waals surface area contributed by atoms with Crippen LogP contribution in [-0.2, 0) is 19.1 Å². The van der Waals surface area contributed by atoms with Crippen LogP contribution in [0.15, 0.2) is 11.8 Å². The zero-order valence-electron chi connectivity index (χ0n) is 20.9. The lowest BCUT2D eigenvalue weighted by Gasteiger charge is -2.46. The molecule has 0 unspecified atom stereocenters. The van der Waals surface area contributed by atoms with Crippen LogP contribution in [0.5, 0.6) is 0 Å². The monoisotopic (exact) mass is 460 g/mol. The van der Waals surface area contributed by atoms with Gasteiger partial charge in [-0.3, -0.25) is 14.4 Å². The number of methoxy groups -OCH3 is 1. The van der Waals surface area contributed by atoms with Gasteiger partial charge in [-0.15, -0.1) is 0 Å². The van der Waals surface area contributed by atoms with Crippen molar-refractivity contribution in [2.45, 2.75) is 103 Å². The number of rotatable bonds is 10. The molecule has 186 valence electrons. The molecule has 3 aliphatic rings. The quantitative estimate of drug-likeness (QED) is 0.331. The number of carbonyl (C=O) groups is 3. The Morgan fingerprint density at radius 2 is 1.76 bits per heavy atom. The summed E-state index contributed by atoms with van der Waals surface area (Å²) < 4.78 is 5.32. The predicted octanol–water partition coefficient (Wildman–Crippen LogP) is 5.22. The number of carbonyl (C=O) groups excluding carboxylic acids is 3. The predicted molar refractivity (Wildman–Crippen MR) is 129 cm³/mol. The summed E-state index contributed by atoms with van der Waals surface area (Å²) in [5.74, 6) is -0.601. The smallest absolute Gasteiger partial charge is 0.317 e. The topological polar surface area (TPSA) is 66.9 Å². The van der Waals surface area contributed by atoms with E-state index in [1.54, 1.807) is 0 Å². The van der Waals surface area contributed by atoms with E-state index in [1.165, 1.54) is 32.8 Å². The standard InChI is InChI=1S/C27H44N2O4/c1-3-4-5-6-7-14-19-29-23-15-10-8-11-16-27(23,26(32)33-2)21-22(25(29)31)20-24(30)28-17-12-9-13-18-28/h15,22H,3-14,16-21H2,1-2H3/t22-,27+/m1/s1. The second-order valence-corrected chi connectivity index (χ2v) is 10.2. The van der Waals surface area contributed by atoms with Gasteiger partial charge in [0.2, 0.25) is 11.8 Å². The second-order valence-electron chi connectivity index (χ2n) is 10.2. The minimum atomic E-state index is -0.797. The van der Waals surface area contributed by atoms with Gasteiger partial charge in [0.05, 0.1) is 7.11 Å². The van der Waals surface area contributed by atoms with Gasteiger partial charge in [0, 0.05) is 37.7 Å². The highest BCUT2D eigenvalue weighted by atomic mass is 16.5. The largest absolute Gasteiger partial charge is 0.468 e. The van der Waals surface area contributed by atoms with E-state index in [0.29, 0.717) is 19.4 Å². The van der Waals surface area contributed by atoms with Crippen LogP contribution in [0.1, 0.15) is 103 Å². The average molecular weight is 461 g/mol. The number of nitrogens with zero attached hydrogens (tertiary/aromatic N) is 2. The number of likely N-dealkylation sites (tertiary alicyclic amines) is 2. The Kier molecular flexibility index (Phi) is 9.81. The maximum atomic E-state index is 13.7. The molecule has 2 heterocycles. The third kappa shape index (κ3) is 6.19. The molecular formula is C27H44N2O4. The van der Waals surface area contributed by atoms with Crippen LogP contribution in [0.4, 0.5) is 0 Å². The summed E-state index contributed by atoms with van der Waals surface area (Å²) in [6.07, 6.45) is 16.4. The normalized spacial score (nSPS) is 25.8. The van der Waals surface area contributed by atoms with Gasteiger partial charge >= 0.3 is 5.97 Å². The van der Waals surface area contributed by atoms with Crippen molar-refractivity contribution in [3.63, 3.8) is 0 Å². The fourth-order valence-electron chi connectivity index (χ4n) is 5.96. The van der Waals surface area contributed by atoms with Crippen LogP contribution in [-0.4, -0.2) is 54.3 Å². The van der Waals surface area contributed by atoms with E-state index in [-0.39, 0.29) is 24.2 Å². The third-order valence-electron chi connectivity index (χ3n) is 7.83. The van der Waals surface area contributed by atoms with Crippen LogP contribution in [0, 0.1) is 11.3 Å². The third-order valence-corrected chi connectivity index (χ3v) is 7.83. The van der Waals surface area contributed by atoms with Crippen LogP contribution in [0.25, 0.3) is 0 Å². The zero-order chi connectivity index (χ0) is 23.7. The fourth-order valence-corrected chi connectivity index (χ4v) is 5.96. The van der Waals surface area contributed by atoms with Crippen LogP contribution >= 0.6 is 0 Å². The zero-order valence-corrected chi connectivity index (χ0v) is 20.9. The van der Waals surface area contributed by atoms with Crippen molar-refractivity contribution in [1.82, 2.24) is 9.80 Å². The molecule has 6 heteroatoms. The van der Waals surface area contributed by atoms with Crippen molar-refractivity contribution in [3.8, 4) is 0 Å². The van der Waals surface area contributed by atoms with Gasteiger partial charge in [0.1, 0.15) is 5.41 Å². The fraction of sp³-hybridized carbons (Fsp3) is 0.815. The summed E-state index contributed by atoms with van der Waals surface area (Å²) in [5.41, 5.74) is 0.0564. The Labute approximate surface area is 200 Å². The van der Waals surface area contributed by atoms with Crippen LogP contribution in [0.3, 0.4) is 0 Å². The van der Waals surface area contributed by atoms with Crippen molar-refractivity contribution in [2.75, 3.05) is 26.7 Å². The Morgan fingerprint density at radius 1 is 1.03 bits per heavy atom. The van der Waals surface area contributed by atoms with Crippen molar-refractivity contribution >= 4 is 17.8 Å². The molecule has 0 aromatic rings. The molecule has 3 rings (SSSR count). The maximum absolute atomic E-state index is 13.7. The van der Waals surface area contributed by atoms with E-state index in [1.807, 2.05) is 9.80 Å². The molecule has 1 aliphatic carbocycles. The molecule has 2 atom stereocenters. The summed E-state index contributed by atoms with van der Waals surface area (Å²) >= 11 is 0. The lowest BCUT2D eigenvalue weighted by Crippen LogP contribution is -2.53. The molecule has 2 amide bonds. The molecule has 6 nitrogen and oxygen atoms in total. The highest BCUT2D eigenvalue weighted by molar-refractivity contribution is 5.92. The van der Waals surface area contributed by atoms with Gasteiger partial charge in [-0.1, -0.05) is 51.5 Å². The Bertz CT molecular complexity index is 713. The molecule has 0 aromatic heterocycles. The summed E-state index contributed by atoms with van der Waals surface area (Å²) in [7, 11) is 1.45. The minimum Gasteiger partial charge on any atom is -0.468 e. The molecule has 0 spiro atoms. The number of ether oxygens (including phenoxy) is 1.